The number of aromatic nitrogens is 3. The average Bonchev–Trinajstić information content (AvgIpc) is 2.67. The fraction of sp³-hybridized carbons (Fsp3) is 0.0952. The largest absolute Gasteiger partial charge is 0.373 e. The summed E-state index contributed by atoms with van der Waals surface area (Å²) >= 11 is 0. The molecule has 0 spiro atoms. The molecule has 0 fully saturated rings. The standard InChI is InChI=1S/C21H16F2N4/c1-12-3-4-14(11-25-12)20-26-19-8-5-13(9-17(19)21(24-2)27-20)16-7-6-15(22)10-18(16)23/h3-11H,1-2H3,(H,24,26,27). The van der Waals surface area contributed by atoms with Crippen LogP contribution in [0.15, 0.2) is 54.7 Å². The van der Waals surface area contributed by atoms with Crippen LogP contribution in [-0.2, 0) is 0 Å². The summed E-state index contributed by atoms with van der Waals surface area (Å²) < 4.78 is 27.3. The molecule has 0 saturated carbocycles. The molecule has 0 atom stereocenters. The monoisotopic (exact) mass is 362 g/mol. The molecule has 4 nitrogen and oxygen atoms in total. The number of nitrogens with zero attached hydrogens (tertiary/aromatic N) is 3. The van der Waals surface area contributed by atoms with Gasteiger partial charge in [0.15, 0.2) is 5.82 Å². The number of nitrogens with one attached hydrogen (secondary N) is 1. The molecule has 0 saturated heterocycles. The second kappa shape index (κ2) is 6.72. The van der Waals surface area contributed by atoms with E-state index in [1.807, 2.05) is 19.1 Å². The van der Waals surface area contributed by atoms with E-state index in [-0.39, 0.29) is 0 Å². The van der Waals surface area contributed by atoms with Crippen molar-refractivity contribution in [3.63, 3.8) is 0 Å². The van der Waals surface area contributed by atoms with E-state index in [1.54, 1.807) is 31.4 Å². The van der Waals surface area contributed by atoms with Gasteiger partial charge in [0, 0.05) is 41.5 Å². The summed E-state index contributed by atoms with van der Waals surface area (Å²) in [6.45, 7) is 1.92. The maximum Gasteiger partial charge on any atom is 0.163 e. The van der Waals surface area contributed by atoms with Gasteiger partial charge in [-0.25, -0.2) is 18.7 Å². The van der Waals surface area contributed by atoms with E-state index in [0.29, 0.717) is 22.8 Å². The van der Waals surface area contributed by atoms with Crippen molar-refractivity contribution in [2.24, 2.45) is 0 Å². The highest BCUT2D eigenvalue weighted by Crippen LogP contribution is 2.30. The van der Waals surface area contributed by atoms with Crippen LogP contribution in [0.25, 0.3) is 33.4 Å². The van der Waals surface area contributed by atoms with Crippen molar-refractivity contribution in [1.29, 1.82) is 0 Å². The highest BCUT2D eigenvalue weighted by atomic mass is 19.1. The zero-order chi connectivity index (χ0) is 19.0. The molecular weight excluding hydrogens is 346 g/mol. The van der Waals surface area contributed by atoms with Gasteiger partial charge in [-0.3, -0.25) is 4.98 Å². The molecule has 2 aromatic heterocycles. The first-order chi connectivity index (χ1) is 13.0. The van der Waals surface area contributed by atoms with Crippen LogP contribution in [0.2, 0.25) is 0 Å². The molecule has 0 radical (unpaired) electrons. The van der Waals surface area contributed by atoms with Crippen LogP contribution in [-0.4, -0.2) is 22.0 Å². The van der Waals surface area contributed by atoms with E-state index in [1.165, 1.54) is 12.1 Å². The number of halogens is 2. The minimum absolute atomic E-state index is 0.326. The van der Waals surface area contributed by atoms with Crippen molar-refractivity contribution in [1.82, 2.24) is 15.0 Å². The maximum atomic E-state index is 14.1. The van der Waals surface area contributed by atoms with Crippen molar-refractivity contribution in [3.8, 4) is 22.5 Å². The van der Waals surface area contributed by atoms with Gasteiger partial charge >= 0.3 is 0 Å². The molecular formula is C21H16F2N4. The lowest BCUT2D eigenvalue weighted by Crippen LogP contribution is -1.99. The third-order valence-electron chi connectivity index (χ3n) is 4.34. The van der Waals surface area contributed by atoms with E-state index in [4.69, 9.17) is 0 Å². The summed E-state index contributed by atoms with van der Waals surface area (Å²) in [5.74, 6) is -0.0312. The van der Waals surface area contributed by atoms with Crippen LogP contribution in [0.5, 0.6) is 0 Å². The van der Waals surface area contributed by atoms with Crippen molar-refractivity contribution in [2.45, 2.75) is 6.92 Å². The van der Waals surface area contributed by atoms with Gasteiger partial charge in [0.2, 0.25) is 0 Å². The van der Waals surface area contributed by atoms with Crippen LogP contribution < -0.4 is 5.32 Å². The minimum atomic E-state index is -0.608. The lowest BCUT2D eigenvalue weighted by Gasteiger charge is -2.11. The molecule has 0 amide bonds. The van der Waals surface area contributed by atoms with Crippen LogP contribution in [0.3, 0.4) is 0 Å². The molecule has 0 unspecified atom stereocenters. The van der Waals surface area contributed by atoms with Crippen LogP contribution >= 0.6 is 0 Å². The van der Waals surface area contributed by atoms with Crippen molar-refractivity contribution in [3.05, 3.63) is 72.1 Å². The Balaban J connectivity index is 1.86. The second-order valence-electron chi connectivity index (χ2n) is 6.19. The molecule has 0 bridgehead atoms. The van der Waals surface area contributed by atoms with Crippen molar-refractivity contribution in [2.75, 3.05) is 12.4 Å². The van der Waals surface area contributed by atoms with Crippen molar-refractivity contribution < 1.29 is 8.78 Å². The van der Waals surface area contributed by atoms with E-state index in [0.717, 1.165) is 28.2 Å². The number of hydrogen-bond donors (Lipinski definition) is 1. The summed E-state index contributed by atoms with van der Waals surface area (Å²) in [4.78, 5) is 13.5. The molecule has 27 heavy (non-hydrogen) atoms. The predicted molar refractivity (Wildman–Crippen MR) is 102 cm³/mol. The first kappa shape index (κ1) is 17.0. The van der Waals surface area contributed by atoms with E-state index >= 15 is 0 Å². The normalized spacial score (nSPS) is 11.0. The van der Waals surface area contributed by atoms with Gasteiger partial charge in [-0.2, -0.15) is 0 Å². The van der Waals surface area contributed by atoms with Gasteiger partial charge in [-0.15, -0.1) is 0 Å². The van der Waals surface area contributed by atoms with Crippen LogP contribution in [0.4, 0.5) is 14.6 Å². The summed E-state index contributed by atoms with van der Waals surface area (Å²) in [6, 6.07) is 12.7. The highest BCUT2D eigenvalue weighted by Gasteiger charge is 2.12. The summed E-state index contributed by atoms with van der Waals surface area (Å²) in [7, 11) is 1.77. The fourth-order valence-corrected chi connectivity index (χ4v) is 2.94. The van der Waals surface area contributed by atoms with Gasteiger partial charge in [0.05, 0.1) is 5.52 Å². The smallest absolute Gasteiger partial charge is 0.163 e. The number of pyridine rings is 1. The van der Waals surface area contributed by atoms with Gasteiger partial charge in [0.1, 0.15) is 17.5 Å². The fourth-order valence-electron chi connectivity index (χ4n) is 2.94. The Morgan fingerprint density at radius 2 is 1.70 bits per heavy atom. The van der Waals surface area contributed by atoms with Crippen LogP contribution in [0.1, 0.15) is 5.69 Å². The molecule has 2 aromatic carbocycles. The molecule has 0 aliphatic carbocycles. The molecule has 1 N–H and O–H groups in total. The highest BCUT2D eigenvalue weighted by molar-refractivity contribution is 5.93. The third kappa shape index (κ3) is 3.21. The molecule has 2 heterocycles. The molecule has 6 heteroatoms. The van der Waals surface area contributed by atoms with Gasteiger partial charge < -0.3 is 5.32 Å². The quantitative estimate of drug-likeness (QED) is 0.558. The number of hydrogen-bond acceptors (Lipinski definition) is 4. The Kier molecular flexibility index (Phi) is 4.24. The van der Waals surface area contributed by atoms with Gasteiger partial charge in [-0.1, -0.05) is 6.07 Å². The van der Waals surface area contributed by atoms with E-state index < -0.39 is 11.6 Å². The Hall–Kier alpha value is -3.41. The molecule has 4 aromatic rings. The molecule has 0 aliphatic rings. The van der Waals surface area contributed by atoms with Gasteiger partial charge in [0.25, 0.3) is 0 Å². The number of benzene rings is 2. The zero-order valence-electron chi connectivity index (χ0n) is 14.8. The lowest BCUT2D eigenvalue weighted by molar-refractivity contribution is 0.585. The Morgan fingerprint density at radius 3 is 2.41 bits per heavy atom. The van der Waals surface area contributed by atoms with Gasteiger partial charge in [-0.05, 0) is 48.9 Å². The van der Waals surface area contributed by atoms with Crippen molar-refractivity contribution >= 4 is 16.7 Å². The Labute approximate surface area is 154 Å². The Bertz CT molecular complexity index is 1140. The summed E-state index contributed by atoms with van der Waals surface area (Å²) in [5, 5.41) is 3.82. The topological polar surface area (TPSA) is 50.7 Å². The molecule has 134 valence electrons. The third-order valence-corrected chi connectivity index (χ3v) is 4.34. The number of fused-ring (bicyclic) bond motifs is 1. The second-order valence-corrected chi connectivity index (χ2v) is 6.19. The summed E-state index contributed by atoms with van der Waals surface area (Å²) in [5.41, 5.74) is 3.40. The van der Waals surface area contributed by atoms with E-state index in [9.17, 15) is 8.78 Å². The van der Waals surface area contributed by atoms with E-state index in [2.05, 4.69) is 20.3 Å². The molecule has 4 rings (SSSR count). The summed E-state index contributed by atoms with van der Waals surface area (Å²) in [6.07, 6.45) is 1.73. The predicted octanol–water partition coefficient (Wildman–Crippen LogP) is 4.99. The SMILES string of the molecule is CNc1nc(-c2ccc(C)nc2)nc2ccc(-c3ccc(F)cc3F)cc12. The number of rotatable bonds is 3. The van der Waals surface area contributed by atoms with Crippen LogP contribution in [0, 0.1) is 18.6 Å². The molecule has 0 aliphatic heterocycles. The first-order valence-electron chi connectivity index (χ1n) is 8.43. The number of anilines is 1. The Morgan fingerprint density at radius 1 is 0.889 bits per heavy atom. The maximum absolute atomic E-state index is 14.1. The average molecular weight is 362 g/mol. The minimum Gasteiger partial charge on any atom is -0.373 e. The first-order valence-corrected chi connectivity index (χ1v) is 8.43. The number of aryl methyl sites for hydroxylation is 1. The lowest BCUT2D eigenvalue weighted by atomic mass is 10.0. The zero-order valence-corrected chi connectivity index (χ0v) is 14.8.